The van der Waals surface area contributed by atoms with Gasteiger partial charge in [-0.25, -0.2) is 0 Å². The van der Waals surface area contributed by atoms with Gasteiger partial charge >= 0.3 is 0 Å². The molecule has 2 radical (unpaired) electrons. The van der Waals surface area contributed by atoms with Crippen LogP contribution in [0, 0.1) is 12.1 Å². The summed E-state index contributed by atoms with van der Waals surface area (Å²) in [5.74, 6) is 0. The third-order valence-electron chi connectivity index (χ3n) is 1.64. The van der Waals surface area contributed by atoms with Crippen molar-refractivity contribution in [3.05, 3.63) is 45.9 Å². The first-order chi connectivity index (χ1) is 5.79. The van der Waals surface area contributed by atoms with Gasteiger partial charge in [-0.3, -0.25) is 0 Å². The van der Waals surface area contributed by atoms with E-state index in [1.807, 2.05) is 18.2 Å². The molecule has 0 spiro atoms. The van der Waals surface area contributed by atoms with E-state index in [0.717, 1.165) is 20.3 Å². The summed E-state index contributed by atoms with van der Waals surface area (Å²) in [6, 6.07) is 13.5. The smallest absolute Gasteiger partial charge is 0.0496 e. The van der Waals surface area contributed by atoms with Gasteiger partial charge in [0, 0.05) is 14.9 Å². The maximum atomic E-state index is 5.99. The second kappa shape index (κ2) is 3.08. The Morgan fingerprint density at radius 1 is 1.17 bits per heavy atom. The normalized spacial score (nSPS) is 10.5. The van der Waals surface area contributed by atoms with Crippen molar-refractivity contribution in [1.82, 2.24) is 0 Å². The highest BCUT2D eigenvalue weighted by Gasteiger charge is 2.01. The van der Waals surface area contributed by atoms with Gasteiger partial charge in [0.25, 0.3) is 0 Å². The molecule has 0 saturated carbocycles. The molecule has 0 aliphatic heterocycles. The zero-order chi connectivity index (χ0) is 8.55. The fourth-order valence-corrected chi connectivity index (χ4v) is 2.02. The van der Waals surface area contributed by atoms with Gasteiger partial charge in [-0.15, -0.1) is 0 Å². The Kier molecular flexibility index (Phi) is 2.07. The molecule has 2 aromatic rings. The average Bonchev–Trinajstić information content (AvgIpc) is 2.04. The molecule has 2 rings (SSSR count). The maximum absolute atomic E-state index is 5.99. The first-order valence-electron chi connectivity index (χ1n) is 3.45. The van der Waals surface area contributed by atoms with E-state index < -0.39 is 0 Å². The molecule has 0 fully saturated rings. The molecule has 0 saturated heterocycles. The highest BCUT2D eigenvalue weighted by atomic mass is 79.9. The van der Waals surface area contributed by atoms with Crippen molar-refractivity contribution in [3.63, 3.8) is 0 Å². The summed E-state index contributed by atoms with van der Waals surface area (Å²) in [5, 5.41) is 2.62. The Labute approximate surface area is 84.3 Å². The van der Waals surface area contributed by atoms with Crippen molar-refractivity contribution in [1.29, 1.82) is 0 Å². The Hall–Kier alpha value is -0.530. The minimum absolute atomic E-state index is 0.729. The second-order valence-corrected chi connectivity index (χ2v) is 3.66. The van der Waals surface area contributed by atoms with Gasteiger partial charge in [-0.05, 0) is 29.7 Å². The zero-order valence-corrected chi connectivity index (χ0v) is 8.41. The molecule has 0 aliphatic carbocycles. The van der Waals surface area contributed by atoms with Crippen LogP contribution in [0.25, 0.3) is 10.8 Å². The van der Waals surface area contributed by atoms with Crippen LogP contribution in [0.4, 0.5) is 0 Å². The number of hydrogen-bond acceptors (Lipinski definition) is 0. The van der Waals surface area contributed by atoms with Gasteiger partial charge in [0.2, 0.25) is 0 Å². The molecule has 58 valence electrons. The predicted octanol–water partition coefficient (Wildman–Crippen LogP) is 3.86. The highest BCUT2D eigenvalue weighted by Crippen LogP contribution is 2.29. The standard InChI is InChI=1S/C10H4BrCl/c11-8-5-1-3-7-4-2-6-9(12)10(7)8/h1-2,5-6H. The largest absolute Gasteiger partial charge is 0.0836 e. The van der Waals surface area contributed by atoms with Crippen LogP contribution in [0.2, 0.25) is 5.02 Å². The zero-order valence-electron chi connectivity index (χ0n) is 6.07. The number of benzene rings is 2. The van der Waals surface area contributed by atoms with E-state index in [1.54, 1.807) is 6.07 Å². The fraction of sp³-hybridized carbons (Fsp3) is 0. The molecule has 0 atom stereocenters. The summed E-state index contributed by atoms with van der Waals surface area (Å²) in [6.07, 6.45) is 0. The van der Waals surface area contributed by atoms with Crippen LogP contribution in [0.1, 0.15) is 0 Å². The number of fused-ring (bicyclic) bond motifs is 1. The van der Waals surface area contributed by atoms with Crippen LogP contribution < -0.4 is 0 Å². The summed E-state index contributed by atoms with van der Waals surface area (Å²) in [7, 11) is 0. The van der Waals surface area contributed by atoms with E-state index in [0.29, 0.717) is 0 Å². The minimum Gasteiger partial charge on any atom is -0.0836 e. The molecule has 2 heteroatoms. The molecular weight excluding hydrogens is 235 g/mol. The SMILES string of the molecule is Clc1cc[c]c2[c]ccc(Br)c12. The summed E-state index contributed by atoms with van der Waals surface area (Å²) >= 11 is 9.42. The first-order valence-corrected chi connectivity index (χ1v) is 4.62. The molecule has 0 unspecified atom stereocenters. The number of halogens is 2. The van der Waals surface area contributed by atoms with E-state index in [1.165, 1.54) is 0 Å². The van der Waals surface area contributed by atoms with Crippen LogP contribution in [0.15, 0.2) is 28.7 Å². The van der Waals surface area contributed by atoms with Crippen LogP contribution in [-0.2, 0) is 0 Å². The van der Waals surface area contributed by atoms with Gasteiger partial charge in [0.1, 0.15) is 0 Å². The van der Waals surface area contributed by atoms with Crippen molar-refractivity contribution >= 4 is 38.3 Å². The Balaban J connectivity index is 2.96. The molecule has 0 bridgehead atoms. The van der Waals surface area contributed by atoms with Crippen LogP contribution >= 0.6 is 27.5 Å². The predicted molar refractivity (Wildman–Crippen MR) is 54.3 cm³/mol. The number of rotatable bonds is 0. The molecule has 0 aliphatic rings. The quantitative estimate of drug-likeness (QED) is 0.655. The van der Waals surface area contributed by atoms with Crippen LogP contribution in [0.5, 0.6) is 0 Å². The molecule has 0 nitrogen and oxygen atoms in total. The minimum atomic E-state index is 0.729. The van der Waals surface area contributed by atoms with Gasteiger partial charge < -0.3 is 0 Å². The van der Waals surface area contributed by atoms with Gasteiger partial charge in [0.05, 0.1) is 0 Å². The summed E-state index contributed by atoms with van der Waals surface area (Å²) in [6.45, 7) is 0. The second-order valence-electron chi connectivity index (χ2n) is 2.40. The molecule has 0 N–H and O–H groups in total. The lowest BCUT2D eigenvalue weighted by Crippen LogP contribution is -1.75. The molecular formula is C10H4BrCl. The topological polar surface area (TPSA) is 0 Å². The third-order valence-corrected chi connectivity index (χ3v) is 2.62. The highest BCUT2D eigenvalue weighted by molar-refractivity contribution is 9.10. The van der Waals surface area contributed by atoms with Crippen LogP contribution in [-0.4, -0.2) is 0 Å². The van der Waals surface area contributed by atoms with E-state index in [-0.39, 0.29) is 0 Å². The van der Waals surface area contributed by atoms with E-state index in [9.17, 15) is 0 Å². The van der Waals surface area contributed by atoms with Crippen LogP contribution in [0.3, 0.4) is 0 Å². The molecule has 0 amide bonds. The number of hydrogen-bond donors (Lipinski definition) is 0. The van der Waals surface area contributed by atoms with Gasteiger partial charge in [-0.1, -0.05) is 39.7 Å². The van der Waals surface area contributed by atoms with Crippen molar-refractivity contribution in [3.8, 4) is 0 Å². The maximum Gasteiger partial charge on any atom is 0.0496 e. The molecule has 12 heavy (non-hydrogen) atoms. The summed E-state index contributed by atoms with van der Waals surface area (Å²) in [4.78, 5) is 0. The van der Waals surface area contributed by atoms with E-state index in [4.69, 9.17) is 11.6 Å². The summed E-state index contributed by atoms with van der Waals surface area (Å²) < 4.78 is 0.984. The average molecular weight is 239 g/mol. The first kappa shape index (κ1) is 8.09. The molecule has 0 aromatic heterocycles. The lowest BCUT2D eigenvalue weighted by Gasteiger charge is -2.00. The Bertz CT molecular complexity index is 386. The monoisotopic (exact) mass is 238 g/mol. The molecule has 2 aromatic carbocycles. The van der Waals surface area contributed by atoms with Crippen molar-refractivity contribution in [2.75, 3.05) is 0 Å². The fourth-order valence-electron chi connectivity index (χ4n) is 1.10. The summed E-state index contributed by atoms with van der Waals surface area (Å²) in [5.41, 5.74) is 0. The third kappa shape index (κ3) is 1.23. The lowest BCUT2D eigenvalue weighted by molar-refractivity contribution is 1.69. The van der Waals surface area contributed by atoms with Gasteiger partial charge in [-0.2, -0.15) is 0 Å². The van der Waals surface area contributed by atoms with Gasteiger partial charge in [0.15, 0.2) is 0 Å². The van der Waals surface area contributed by atoms with E-state index >= 15 is 0 Å². The van der Waals surface area contributed by atoms with E-state index in [2.05, 4.69) is 28.1 Å². The lowest BCUT2D eigenvalue weighted by atomic mass is 10.1. The van der Waals surface area contributed by atoms with Crippen molar-refractivity contribution < 1.29 is 0 Å². The van der Waals surface area contributed by atoms with Crippen molar-refractivity contribution in [2.24, 2.45) is 0 Å². The Morgan fingerprint density at radius 3 is 2.50 bits per heavy atom. The molecule has 0 heterocycles. The Morgan fingerprint density at radius 2 is 1.83 bits per heavy atom. The van der Waals surface area contributed by atoms with Crippen molar-refractivity contribution in [2.45, 2.75) is 0 Å².